The zero-order valence-corrected chi connectivity index (χ0v) is 28.1. The van der Waals surface area contributed by atoms with Crippen LogP contribution in [-0.4, -0.2) is 43.8 Å². The number of nitrogens with one attached hydrogen (secondary N) is 1. The van der Waals surface area contributed by atoms with Crippen LogP contribution in [0.15, 0.2) is 108 Å². The van der Waals surface area contributed by atoms with Crippen molar-refractivity contribution in [1.82, 2.24) is 10.2 Å². The molecule has 0 saturated heterocycles. The zero-order valence-electron chi connectivity index (χ0n) is 25.0. The molecule has 4 aromatic rings. The Morgan fingerprint density at radius 1 is 0.783 bits per heavy atom. The van der Waals surface area contributed by atoms with Crippen molar-refractivity contribution in [3.63, 3.8) is 0 Å². The van der Waals surface area contributed by atoms with Gasteiger partial charge in [-0.1, -0.05) is 102 Å². The highest BCUT2D eigenvalue weighted by Crippen LogP contribution is 2.28. The summed E-state index contributed by atoms with van der Waals surface area (Å²) in [6.07, 6.45) is 3.99. The summed E-state index contributed by atoms with van der Waals surface area (Å²) < 4.78 is 29.2. The van der Waals surface area contributed by atoms with Gasteiger partial charge >= 0.3 is 0 Å². The predicted molar refractivity (Wildman–Crippen MR) is 184 cm³/mol. The van der Waals surface area contributed by atoms with Crippen LogP contribution in [0.1, 0.15) is 36.8 Å². The number of amides is 2. The van der Waals surface area contributed by atoms with Gasteiger partial charge < -0.3 is 10.2 Å². The first-order valence-corrected chi connectivity index (χ1v) is 17.6. The normalized spacial score (nSPS) is 14.1. The number of halogens is 3. The van der Waals surface area contributed by atoms with Crippen molar-refractivity contribution < 1.29 is 18.0 Å². The average molecular weight is 699 g/mol. The SMILES string of the molecule is O=C(NC1CCCC1)[C@@H](Cc1ccccc1)N(Cc1ccc(Cl)c(Cl)c1)C(=O)CN(c1ccc(Cl)cc1)S(=O)(=O)c1ccccc1. The number of hydrogen-bond donors (Lipinski definition) is 1. The maximum atomic E-state index is 14.6. The molecule has 0 aliphatic heterocycles. The Labute approximate surface area is 285 Å². The molecule has 0 aromatic heterocycles. The van der Waals surface area contributed by atoms with Gasteiger partial charge in [0.1, 0.15) is 12.6 Å². The summed E-state index contributed by atoms with van der Waals surface area (Å²) in [5.41, 5.74) is 1.75. The summed E-state index contributed by atoms with van der Waals surface area (Å²) in [7, 11) is -4.20. The van der Waals surface area contributed by atoms with Gasteiger partial charge in [-0.25, -0.2) is 8.42 Å². The fourth-order valence-corrected chi connectivity index (χ4v) is 7.49. The lowest BCUT2D eigenvalue weighted by molar-refractivity contribution is -0.140. The molecule has 1 aliphatic carbocycles. The summed E-state index contributed by atoms with van der Waals surface area (Å²) in [5.74, 6) is -0.865. The number of hydrogen-bond acceptors (Lipinski definition) is 4. The molecule has 1 N–H and O–H groups in total. The molecule has 46 heavy (non-hydrogen) atoms. The molecule has 0 spiro atoms. The summed E-state index contributed by atoms with van der Waals surface area (Å²) >= 11 is 18.7. The molecule has 0 radical (unpaired) electrons. The molecular weight excluding hydrogens is 665 g/mol. The van der Waals surface area contributed by atoms with E-state index in [2.05, 4.69) is 5.32 Å². The predicted octanol–water partition coefficient (Wildman–Crippen LogP) is 7.54. The average Bonchev–Trinajstić information content (AvgIpc) is 3.57. The molecule has 1 aliphatic rings. The van der Waals surface area contributed by atoms with Crippen molar-refractivity contribution in [1.29, 1.82) is 0 Å². The molecule has 11 heteroatoms. The van der Waals surface area contributed by atoms with Gasteiger partial charge in [-0.2, -0.15) is 0 Å². The number of carbonyl (C=O) groups excluding carboxylic acids is 2. The number of benzene rings is 4. The number of carbonyl (C=O) groups is 2. The first-order valence-electron chi connectivity index (χ1n) is 15.0. The van der Waals surface area contributed by atoms with E-state index >= 15 is 0 Å². The fourth-order valence-electron chi connectivity index (χ4n) is 5.61. The van der Waals surface area contributed by atoms with Crippen LogP contribution in [-0.2, 0) is 32.6 Å². The molecule has 5 rings (SSSR count). The van der Waals surface area contributed by atoms with Crippen LogP contribution in [0.25, 0.3) is 0 Å². The number of rotatable bonds is 12. The van der Waals surface area contributed by atoms with E-state index in [9.17, 15) is 18.0 Å². The second-order valence-corrected chi connectivity index (χ2v) is 14.4. The minimum atomic E-state index is -4.20. The molecule has 2 amide bonds. The van der Waals surface area contributed by atoms with Gasteiger partial charge in [0.15, 0.2) is 0 Å². The molecular formula is C35H34Cl3N3O4S. The van der Waals surface area contributed by atoms with Gasteiger partial charge in [0.2, 0.25) is 11.8 Å². The van der Waals surface area contributed by atoms with E-state index < -0.39 is 28.5 Å². The smallest absolute Gasteiger partial charge is 0.264 e. The van der Waals surface area contributed by atoms with Gasteiger partial charge in [-0.3, -0.25) is 13.9 Å². The molecule has 1 atom stereocenters. The highest BCUT2D eigenvalue weighted by atomic mass is 35.5. The topological polar surface area (TPSA) is 86.8 Å². The molecule has 0 unspecified atom stereocenters. The lowest BCUT2D eigenvalue weighted by atomic mass is 10.0. The molecule has 1 fully saturated rings. The van der Waals surface area contributed by atoms with Gasteiger partial charge in [-0.15, -0.1) is 0 Å². The molecule has 4 aromatic carbocycles. The van der Waals surface area contributed by atoms with Crippen molar-refractivity contribution in [2.75, 3.05) is 10.8 Å². The Hall–Kier alpha value is -3.56. The van der Waals surface area contributed by atoms with Crippen LogP contribution in [0.3, 0.4) is 0 Å². The summed E-state index contributed by atoms with van der Waals surface area (Å²) in [4.78, 5) is 30.1. The van der Waals surface area contributed by atoms with Crippen molar-refractivity contribution in [3.05, 3.63) is 129 Å². The third-order valence-corrected chi connectivity index (χ3v) is 10.8. The van der Waals surface area contributed by atoms with E-state index in [1.807, 2.05) is 30.3 Å². The Morgan fingerprint density at radius 3 is 2.04 bits per heavy atom. The first kappa shape index (κ1) is 33.8. The van der Waals surface area contributed by atoms with E-state index in [0.717, 1.165) is 35.6 Å². The van der Waals surface area contributed by atoms with Crippen LogP contribution in [0.2, 0.25) is 15.1 Å². The van der Waals surface area contributed by atoms with Gasteiger partial charge in [0.05, 0.1) is 20.6 Å². The highest BCUT2D eigenvalue weighted by molar-refractivity contribution is 7.92. The third-order valence-electron chi connectivity index (χ3n) is 8.03. The van der Waals surface area contributed by atoms with Crippen molar-refractivity contribution >= 4 is 62.3 Å². The van der Waals surface area contributed by atoms with Crippen molar-refractivity contribution in [2.45, 2.75) is 55.6 Å². The van der Waals surface area contributed by atoms with E-state index in [1.54, 1.807) is 60.7 Å². The Bertz CT molecular complexity index is 1750. The Balaban J connectivity index is 1.57. The van der Waals surface area contributed by atoms with E-state index in [4.69, 9.17) is 34.8 Å². The lowest BCUT2D eigenvalue weighted by Crippen LogP contribution is -2.54. The first-order chi connectivity index (χ1) is 22.1. The highest BCUT2D eigenvalue weighted by Gasteiger charge is 2.35. The van der Waals surface area contributed by atoms with E-state index in [1.165, 1.54) is 17.0 Å². The number of anilines is 1. The second-order valence-electron chi connectivity index (χ2n) is 11.3. The molecule has 240 valence electrons. The monoisotopic (exact) mass is 697 g/mol. The van der Waals surface area contributed by atoms with E-state index in [-0.39, 0.29) is 35.5 Å². The summed E-state index contributed by atoms with van der Waals surface area (Å²) in [5, 5.41) is 4.23. The summed E-state index contributed by atoms with van der Waals surface area (Å²) in [6, 6.07) is 27.7. The van der Waals surface area contributed by atoms with Crippen LogP contribution in [0, 0.1) is 0 Å². The minimum Gasteiger partial charge on any atom is -0.352 e. The summed E-state index contributed by atoms with van der Waals surface area (Å²) in [6.45, 7) is -0.576. The van der Waals surface area contributed by atoms with E-state index in [0.29, 0.717) is 20.6 Å². The van der Waals surface area contributed by atoms with Crippen LogP contribution < -0.4 is 9.62 Å². The molecule has 7 nitrogen and oxygen atoms in total. The minimum absolute atomic E-state index is 0.00878. The number of sulfonamides is 1. The third kappa shape index (κ3) is 8.42. The second kappa shape index (κ2) is 15.4. The van der Waals surface area contributed by atoms with Gasteiger partial charge in [0.25, 0.3) is 10.0 Å². The molecule has 0 bridgehead atoms. The molecule has 1 saturated carbocycles. The van der Waals surface area contributed by atoms with Crippen LogP contribution in [0.5, 0.6) is 0 Å². The van der Waals surface area contributed by atoms with Crippen molar-refractivity contribution in [2.24, 2.45) is 0 Å². The largest absolute Gasteiger partial charge is 0.352 e. The quantitative estimate of drug-likeness (QED) is 0.166. The maximum absolute atomic E-state index is 14.6. The molecule has 0 heterocycles. The van der Waals surface area contributed by atoms with Gasteiger partial charge in [0, 0.05) is 24.0 Å². The Morgan fingerprint density at radius 2 is 1.41 bits per heavy atom. The standard InChI is InChI=1S/C35H34Cl3N3O4S/c36-27-16-18-29(19-17-27)41(46(44,45)30-13-5-2-6-14-30)24-34(42)40(23-26-15-20-31(37)32(38)21-26)33(22-25-9-3-1-4-10-25)35(43)39-28-11-7-8-12-28/h1-6,9-10,13-21,28,33H,7-8,11-12,22-24H2,(H,39,43)/t33-/m1/s1. The number of nitrogens with zero attached hydrogens (tertiary/aromatic N) is 2. The zero-order chi connectivity index (χ0) is 32.7. The van der Waals surface area contributed by atoms with Gasteiger partial charge in [-0.05, 0) is 72.5 Å². The van der Waals surface area contributed by atoms with Crippen LogP contribution >= 0.6 is 34.8 Å². The lowest BCUT2D eigenvalue weighted by Gasteiger charge is -2.34. The fraction of sp³-hybridized carbons (Fsp3) is 0.257. The Kier molecular flexibility index (Phi) is 11.3. The van der Waals surface area contributed by atoms with Crippen LogP contribution in [0.4, 0.5) is 5.69 Å². The maximum Gasteiger partial charge on any atom is 0.264 e. The van der Waals surface area contributed by atoms with Crippen molar-refractivity contribution in [3.8, 4) is 0 Å².